The molecule has 0 aliphatic rings. The number of hydrogen-bond donors (Lipinski definition) is 2. The first kappa shape index (κ1) is 22.4. The van der Waals surface area contributed by atoms with Crippen molar-refractivity contribution < 1.29 is 9.90 Å². The fraction of sp³-hybridized carbons (Fsp3) is 0.950. The Bertz CT molecular complexity index is 396. The normalized spacial score (nSPS) is 17.5. The Hall–Kier alpha value is -0.570. The largest absolute Gasteiger partial charge is 0.392 e. The van der Waals surface area contributed by atoms with Crippen LogP contribution < -0.4 is 5.32 Å². The van der Waals surface area contributed by atoms with Crippen LogP contribution in [0.15, 0.2) is 0 Å². The molecule has 0 aromatic carbocycles. The third kappa shape index (κ3) is 4.95. The number of carbonyl (C=O) groups excluding carboxylic acids is 1. The lowest BCUT2D eigenvalue weighted by Gasteiger charge is -2.54. The molecule has 23 heavy (non-hydrogen) atoms. The first-order valence-electron chi connectivity index (χ1n) is 9.13. The van der Waals surface area contributed by atoms with Crippen molar-refractivity contribution in [2.45, 2.75) is 94.6 Å². The minimum Gasteiger partial charge on any atom is -0.392 e. The van der Waals surface area contributed by atoms with Crippen molar-refractivity contribution in [2.75, 3.05) is 6.54 Å². The van der Waals surface area contributed by atoms with Crippen LogP contribution in [0.4, 0.5) is 0 Å². The maximum absolute atomic E-state index is 13.2. The lowest BCUT2D eigenvalue weighted by atomic mass is 9.49. The maximum atomic E-state index is 13.2. The summed E-state index contributed by atoms with van der Waals surface area (Å²) in [7, 11) is 0. The second kappa shape index (κ2) is 7.55. The van der Waals surface area contributed by atoms with Gasteiger partial charge in [0.1, 0.15) is 0 Å². The van der Waals surface area contributed by atoms with Crippen molar-refractivity contribution in [3.8, 4) is 0 Å². The highest BCUT2D eigenvalue weighted by Crippen LogP contribution is 2.57. The smallest absolute Gasteiger partial charge is 0.227 e. The molecular formula is C20H41NO2. The van der Waals surface area contributed by atoms with Gasteiger partial charge in [0.05, 0.1) is 11.5 Å². The van der Waals surface area contributed by atoms with E-state index in [1.165, 1.54) is 0 Å². The zero-order chi connectivity index (χ0) is 18.7. The molecule has 0 aromatic heterocycles. The summed E-state index contributed by atoms with van der Waals surface area (Å²) in [5.74, 6) is 0.0575. The van der Waals surface area contributed by atoms with Crippen molar-refractivity contribution in [1.82, 2.24) is 5.32 Å². The van der Waals surface area contributed by atoms with Gasteiger partial charge in [-0.2, -0.15) is 0 Å². The van der Waals surface area contributed by atoms with Crippen molar-refractivity contribution in [1.29, 1.82) is 0 Å². The number of aliphatic hydroxyl groups is 1. The molecule has 2 N–H and O–H groups in total. The fourth-order valence-electron chi connectivity index (χ4n) is 3.80. The van der Waals surface area contributed by atoms with Crippen LogP contribution in [0.25, 0.3) is 0 Å². The molecule has 0 spiro atoms. The molecule has 3 heteroatoms. The van der Waals surface area contributed by atoms with E-state index in [-0.39, 0.29) is 22.2 Å². The van der Waals surface area contributed by atoms with Gasteiger partial charge in [-0.3, -0.25) is 4.79 Å². The second-order valence-corrected chi connectivity index (χ2v) is 9.50. The minimum absolute atomic E-state index is 0.0575. The lowest BCUT2D eigenvalue weighted by Crippen LogP contribution is -2.57. The van der Waals surface area contributed by atoms with Crippen LogP contribution in [0.1, 0.15) is 88.5 Å². The van der Waals surface area contributed by atoms with Gasteiger partial charge >= 0.3 is 0 Å². The molecule has 0 radical (unpaired) electrons. The van der Waals surface area contributed by atoms with Crippen LogP contribution in [0.3, 0.4) is 0 Å². The molecule has 1 amide bonds. The lowest BCUT2D eigenvalue weighted by molar-refractivity contribution is -0.152. The number of aliphatic hydroxyl groups excluding tert-OH is 1. The number of hydrogen-bond acceptors (Lipinski definition) is 2. The van der Waals surface area contributed by atoms with E-state index in [0.717, 1.165) is 19.3 Å². The van der Waals surface area contributed by atoms with E-state index >= 15 is 0 Å². The van der Waals surface area contributed by atoms with Crippen LogP contribution in [-0.2, 0) is 4.79 Å². The van der Waals surface area contributed by atoms with Gasteiger partial charge in [0.25, 0.3) is 0 Å². The average molecular weight is 328 g/mol. The summed E-state index contributed by atoms with van der Waals surface area (Å²) < 4.78 is 0. The fourth-order valence-corrected chi connectivity index (χ4v) is 3.80. The highest BCUT2D eigenvalue weighted by Gasteiger charge is 2.56. The molecule has 0 saturated heterocycles. The van der Waals surface area contributed by atoms with E-state index in [2.05, 4.69) is 67.6 Å². The Kier molecular flexibility index (Phi) is 7.36. The Morgan fingerprint density at radius 2 is 1.43 bits per heavy atom. The Morgan fingerprint density at radius 1 is 0.957 bits per heavy atom. The van der Waals surface area contributed by atoms with Gasteiger partial charge in [-0.05, 0) is 42.9 Å². The predicted octanol–water partition coefficient (Wildman–Crippen LogP) is 4.78. The van der Waals surface area contributed by atoms with Crippen LogP contribution in [-0.4, -0.2) is 23.7 Å². The van der Waals surface area contributed by atoms with Crippen molar-refractivity contribution in [3.63, 3.8) is 0 Å². The number of carbonyl (C=O) groups is 1. The SMILES string of the molecule is CCC(C)(C)CC(C)(C)C(C)(C(=O)NCC(C)O)C(C)(C)CC. The van der Waals surface area contributed by atoms with Gasteiger partial charge in [-0.1, -0.05) is 61.8 Å². The molecule has 0 aromatic rings. The zero-order valence-electron chi connectivity index (χ0n) is 17.3. The molecule has 0 rings (SSSR count). The zero-order valence-corrected chi connectivity index (χ0v) is 17.3. The van der Waals surface area contributed by atoms with Gasteiger partial charge in [-0.15, -0.1) is 0 Å². The summed E-state index contributed by atoms with van der Waals surface area (Å²) in [6, 6.07) is 0. The summed E-state index contributed by atoms with van der Waals surface area (Å²) in [4.78, 5) is 13.2. The maximum Gasteiger partial charge on any atom is 0.227 e. The van der Waals surface area contributed by atoms with Crippen LogP contribution in [0.2, 0.25) is 0 Å². The molecule has 0 saturated carbocycles. The molecule has 0 bridgehead atoms. The second-order valence-electron chi connectivity index (χ2n) is 9.50. The van der Waals surface area contributed by atoms with E-state index in [4.69, 9.17) is 0 Å². The van der Waals surface area contributed by atoms with Gasteiger partial charge in [0, 0.05) is 6.54 Å². The van der Waals surface area contributed by atoms with Crippen LogP contribution in [0.5, 0.6) is 0 Å². The number of amides is 1. The predicted molar refractivity (Wildman–Crippen MR) is 99.3 cm³/mol. The van der Waals surface area contributed by atoms with Crippen molar-refractivity contribution in [3.05, 3.63) is 0 Å². The van der Waals surface area contributed by atoms with Gasteiger partial charge in [0.15, 0.2) is 0 Å². The third-order valence-electron chi connectivity index (χ3n) is 6.48. The molecule has 0 aliphatic heterocycles. The van der Waals surface area contributed by atoms with Gasteiger partial charge in [-0.25, -0.2) is 0 Å². The van der Waals surface area contributed by atoms with E-state index < -0.39 is 11.5 Å². The van der Waals surface area contributed by atoms with Gasteiger partial charge < -0.3 is 10.4 Å². The highest BCUT2D eigenvalue weighted by molar-refractivity contribution is 5.84. The average Bonchev–Trinajstić information content (AvgIpc) is 2.42. The third-order valence-corrected chi connectivity index (χ3v) is 6.48. The Morgan fingerprint density at radius 3 is 1.78 bits per heavy atom. The quantitative estimate of drug-likeness (QED) is 0.640. The first-order valence-corrected chi connectivity index (χ1v) is 9.13. The standard InChI is InChI=1S/C20H41NO2/c1-11-17(4,5)14-19(8,9)20(10,18(6,7)12-2)16(23)21-13-15(3)22/h15,22H,11-14H2,1-10H3,(H,21,23). The molecule has 3 nitrogen and oxygen atoms in total. The van der Waals surface area contributed by atoms with E-state index in [9.17, 15) is 9.90 Å². The molecule has 2 atom stereocenters. The van der Waals surface area contributed by atoms with Crippen molar-refractivity contribution >= 4 is 5.91 Å². The molecule has 0 heterocycles. The number of rotatable bonds is 9. The Balaban J connectivity index is 5.82. The van der Waals surface area contributed by atoms with E-state index in [0.29, 0.717) is 6.54 Å². The minimum atomic E-state index is -0.525. The molecular weight excluding hydrogens is 286 g/mol. The van der Waals surface area contributed by atoms with Crippen LogP contribution in [0, 0.1) is 21.7 Å². The topological polar surface area (TPSA) is 49.3 Å². The summed E-state index contributed by atoms with van der Waals surface area (Å²) in [5.41, 5.74) is -0.618. The molecule has 0 aliphatic carbocycles. The highest BCUT2D eigenvalue weighted by atomic mass is 16.3. The van der Waals surface area contributed by atoms with Gasteiger partial charge in [0.2, 0.25) is 5.91 Å². The molecule has 2 unspecified atom stereocenters. The molecule has 138 valence electrons. The molecule has 0 fully saturated rings. The summed E-state index contributed by atoms with van der Waals surface area (Å²) in [5, 5.41) is 12.5. The first-order chi connectivity index (χ1) is 10.2. The summed E-state index contributed by atoms with van der Waals surface area (Å²) in [6.45, 7) is 21.9. The summed E-state index contributed by atoms with van der Waals surface area (Å²) >= 11 is 0. The van der Waals surface area contributed by atoms with E-state index in [1.54, 1.807) is 6.92 Å². The number of nitrogens with one attached hydrogen (secondary N) is 1. The Labute approximate surface area is 144 Å². The summed E-state index contributed by atoms with van der Waals surface area (Å²) in [6.07, 6.45) is 2.48. The monoisotopic (exact) mass is 327 g/mol. The van der Waals surface area contributed by atoms with Crippen LogP contribution >= 0.6 is 0 Å². The van der Waals surface area contributed by atoms with Crippen molar-refractivity contribution in [2.24, 2.45) is 21.7 Å². The van der Waals surface area contributed by atoms with E-state index in [1.807, 2.05) is 0 Å².